The van der Waals surface area contributed by atoms with Crippen molar-refractivity contribution in [2.24, 2.45) is 0 Å². The van der Waals surface area contributed by atoms with Gasteiger partial charge in [0.1, 0.15) is 11.3 Å². The molecule has 0 spiro atoms. The fourth-order valence-electron chi connectivity index (χ4n) is 4.25. The summed E-state index contributed by atoms with van der Waals surface area (Å²) >= 11 is 0. The zero-order chi connectivity index (χ0) is 17.7. The van der Waals surface area contributed by atoms with Gasteiger partial charge in [0, 0.05) is 29.7 Å². The van der Waals surface area contributed by atoms with Gasteiger partial charge in [-0.15, -0.1) is 0 Å². The maximum absolute atomic E-state index is 14.5. The second-order valence-corrected chi connectivity index (χ2v) is 7.75. The highest BCUT2D eigenvalue weighted by Gasteiger charge is 2.32. The van der Waals surface area contributed by atoms with E-state index < -0.39 is 0 Å². The largest absolute Gasteiger partial charge is 0.303 e. The van der Waals surface area contributed by atoms with Crippen LogP contribution < -0.4 is 0 Å². The molecule has 4 heteroatoms. The van der Waals surface area contributed by atoms with Gasteiger partial charge >= 0.3 is 0 Å². The van der Waals surface area contributed by atoms with E-state index in [1.807, 2.05) is 12.4 Å². The molecule has 3 heterocycles. The average molecular weight is 347 g/mol. The van der Waals surface area contributed by atoms with Gasteiger partial charge < -0.3 is 4.40 Å². The van der Waals surface area contributed by atoms with Gasteiger partial charge in [-0.2, -0.15) is 0 Å². The molecule has 5 rings (SSSR count). The Balaban J connectivity index is 1.65. The van der Waals surface area contributed by atoms with Crippen molar-refractivity contribution in [3.8, 4) is 11.1 Å². The van der Waals surface area contributed by atoms with E-state index in [4.69, 9.17) is 0 Å². The second kappa shape index (κ2) is 6.04. The first-order chi connectivity index (χ1) is 12.7. The molecule has 0 N–H and O–H groups in total. The zero-order valence-corrected chi connectivity index (χ0v) is 15.0. The van der Waals surface area contributed by atoms with Gasteiger partial charge in [0.15, 0.2) is 0 Å². The number of hydrogen-bond donors (Lipinski definition) is 0. The van der Waals surface area contributed by atoms with Crippen LogP contribution in [-0.4, -0.2) is 14.4 Å². The Hall–Kier alpha value is -2.49. The van der Waals surface area contributed by atoms with Gasteiger partial charge in [-0.1, -0.05) is 11.6 Å². The summed E-state index contributed by atoms with van der Waals surface area (Å²) in [7, 11) is 0. The van der Waals surface area contributed by atoms with Crippen LogP contribution in [0.1, 0.15) is 62.0 Å². The minimum atomic E-state index is -0.233. The number of nitrogens with zero attached hydrogens (tertiary/aromatic N) is 3. The topological polar surface area (TPSA) is 30.2 Å². The van der Waals surface area contributed by atoms with Crippen LogP contribution in [-0.2, 0) is 0 Å². The molecule has 0 amide bonds. The van der Waals surface area contributed by atoms with Crippen LogP contribution in [0.2, 0.25) is 0 Å². The molecule has 0 radical (unpaired) electrons. The lowest BCUT2D eigenvalue weighted by atomic mass is 9.81. The van der Waals surface area contributed by atoms with Gasteiger partial charge in [0.2, 0.25) is 0 Å². The summed E-state index contributed by atoms with van der Waals surface area (Å²) in [5, 5.41) is 0. The molecule has 1 fully saturated rings. The minimum absolute atomic E-state index is 0.233. The van der Waals surface area contributed by atoms with E-state index in [9.17, 15) is 4.39 Å². The van der Waals surface area contributed by atoms with E-state index >= 15 is 0 Å². The third-order valence-electron chi connectivity index (χ3n) is 5.86. The van der Waals surface area contributed by atoms with Crippen molar-refractivity contribution >= 4 is 5.52 Å². The van der Waals surface area contributed by atoms with Crippen molar-refractivity contribution in [2.45, 2.75) is 50.9 Å². The van der Waals surface area contributed by atoms with E-state index in [2.05, 4.69) is 29.2 Å². The summed E-state index contributed by atoms with van der Waals surface area (Å²) < 4.78 is 16.3. The zero-order valence-electron chi connectivity index (χ0n) is 15.0. The monoisotopic (exact) mass is 347 g/mol. The van der Waals surface area contributed by atoms with Crippen molar-refractivity contribution in [1.29, 1.82) is 0 Å². The molecule has 0 aromatic carbocycles. The van der Waals surface area contributed by atoms with E-state index in [0.29, 0.717) is 17.4 Å². The first-order valence-electron chi connectivity index (χ1n) is 9.45. The number of aromatic nitrogens is 3. The SMILES string of the molecule is CC1=CCC(c2cncc(-c3cc(F)c4cncn4c3)c2C2CC2)CC1. The second-order valence-electron chi connectivity index (χ2n) is 7.75. The van der Waals surface area contributed by atoms with Crippen LogP contribution in [0.3, 0.4) is 0 Å². The first-order valence-corrected chi connectivity index (χ1v) is 9.45. The third-order valence-corrected chi connectivity index (χ3v) is 5.86. The molecule has 2 aliphatic rings. The predicted molar refractivity (Wildman–Crippen MR) is 101 cm³/mol. The fraction of sp³-hybridized carbons (Fsp3) is 0.364. The summed E-state index contributed by atoms with van der Waals surface area (Å²) in [6.45, 7) is 2.22. The van der Waals surface area contributed by atoms with Crippen LogP contribution in [0.25, 0.3) is 16.6 Å². The Morgan fingerprint density at radius 3 is 2.73 bits per heavy atom. The quantitative estimate of drug-likeness (QED) is 0.575. The number of imidazole rings is 1. The Bertz CT molecular complexity index is 1010. The summed E-state index contributed by atoms with van der Waals surface area (Å²) in [6.07, 6.45) is 17.4. The van der Waals surface area contributed by atoms with Crippen molar-refractivity contribution in [3.63, 3.8) is 0 Å². The lowest BCUT2D eigenvalue weighted by molar-refractivity contribution is 0.592. The molecule has 1 atom stereocenters. The van der Waals surface area contributed by atoms with Gasteiger partial charge in [-0.25, -0.2) is 9.37 Å². The molecule has 132 valence electrons. The highest BCUT2D eigenvalue weighted by molar-refractivity contribution is 5.71. The molecule has 2 aliphatic carbocycles. The molecule has 3 nitrogen and oxygen atoms in total. The molecule has 26 heavy (non-hydrogen) atoms. The van der Waals surface area contributed by atoms with Crippen LogP contribution in [0.5, 0.6) is 0 Å². The van der Waals surface area contributed by atoms with Crippen molar-refractivity contribution in [1.82, 2.24) is 14.4 Å². The Labute approximate surface area is 152 Å². The number of pyridine rings is 2. The molecule has 1 unspecified atom stereocenters. The maximum Gasteiger partial charge on any atom is 0.149 e. The number of allylic oxidation sites excluding steroid dienone is 2. The van der Waals surface area contributed by atoms with E-state index in [1.54, 1.807) is 23.0 Å². The Morgan fingerprint density at radius 1 is 1.08 bits per heavy atom. The molecule has 3 aromatic heterocycles. The molecule has 0 bridgehead atoms. The number of rotatable bonds is 3. The number of halogens is 1. The number of fused-ring (bicyclic) bond motifs is 1. The minimum Gasteiger partial charge on any atom is -0.303 e. The number of hydrogen-bond acceptors (Lipinski definition) is 2. The summed E-state index contributed by atoms with van der Waals surface area (Å²) in [6, 6.07) is 1.63. The van der Waals surface area contributed by atoms with Gasteiger partial charge in [0.05, 0.1) is 12.5 Å². The van der Waals surface area contributed by atoms with Gasteiger partial charge in [-0.05, 0) is 68.1 Å². The highest BCUT2D eigenvalue weighted by atomic mass is 19.1. The van der Waals surface area contributed by atoms with Crippen molar-refractivity contribution in [3.05, 3.63) is 65.8 Å². The smallest absolute Gasteiger partial charge is 0.149 e. The van der Waals surface area contributed by atoms with E-state index in [0.717, 1.165) is 24.0 Å². The van der Waals surface area contributed by atoms with Crippen LogP contribution in [0.15, 0.2) is 48.8 Å². The van der Waals surface area contributed by atoms with Gasteiger partial charge in [0.25, 0.3) is 0 Å². The Morgan fingerprint density at radius 2 is 1.96 bits per heavy atom. The third kappa shape index (κ3) is 2.64. The van der Waals surface area contributed by atoms with Crippen molar-refractivity contribution in [2.75, 3.05) is 0 Å². The summed E-state index contributed by atoms with van der Waals surface area (Å²) in [5.41, 5.74) is 6.76. The lowest BCUT2D eigenvalue weighted by Gasteiger charge is -2.24. The maximum atomic E-state index is 14.5. The molecular formula is C22H22FN3. The fourth-order valence-corrected chi connectivity index (χ4v) is 4.25. The van der Waals surface area contributed by atoms with Gasteiger partial charge in [-0.3, -0.25) is 4.98 Å². The molecule has 0 aliphatic heterocycles. The molecular weight excluding hydrogens is 325 g/mol. The van der Waals surface area contributed by atoms with E-state index in [1.165, 1.54) is 36.0 Å². The normalized spacial score (nSPS) is 20.4. The predicted octanol–water partition coefficient (Wildman–Crippen LogP) is 5.63. The molecule has 0 saturated heterocycles. The van der Waals surface area contributed by atoms with Crippen LogP contribution >= 0.6 is 0 Å². The average Bonchev–Trinajstić information content (AvgIpc) is 3.38. The summed E-state index contributed by atoms with van der Waals surface area (Å²) in [4.78, 5) is 8.62. The first kappa shape index (κ1) is 15.7. The van der Waals surface area contributed by atoms with Crippen LogP contribution in [0, 0.1) is 5.82 Å². The lowest BCUT2D eigenvalue weighted by Crippen LogP contribution is -2.08. The van der Waals surface area contributed by atoms with E-state index in [-0.39, 0.29) is 5.82 Å². The highest BCUT2D eigenvalue weighted by Crippen LogP contribution is 2.49. The Kier molecular flexibility index (Phi) is 3.66. The van der Waals surface area contributed by atoms with Crippen LogP contribution in [0.4, 0.5) is 4.39 Å². The standard InChI is InChI=1S/C22H22FN3/c1-14-2-4-15(5-3-14)18-9-24-10-19(22(18)16-6-7-16)17-8-20(23)21-11-25-13-26(21)12-17/h2,8-13,15-16H,3-7H2,1H3. The summed E-state index contributed by atoms with van der Waals surface area (Å²) in [5.74, 6) is 0.892. The molecule has 1 saturated carbocycles. The van der Waals surface area contributed by atoms with Crippen molar-refractivity contribution < 1.29 is 4.39 Å². The molecule has 3 aromatic rings.